The number of carboxylic acid groups (broad SMARTS) is 1. The second-order valence-electron chi connectivity index (χ2n) is 11.0. The number of carbonyl (C=O) groups is 3. The standard InChI is InChI=1S/C30H34N2O4/c33-27(16-17-28(34)35)31(20-10-6-11-20)29-21-12-4-5-14-25(21)32(26-15-7-13-22(26)29)30(36)24-18-23(24)19-8-2-1-3-9-19/h1-5,8-9,12,14,20,22-24,26,29H,6-7,10-11,13,15-18H2,(H,34,35)/t22-,23-,24+,26+,29-/m0/s1. The Balaban J connectivity index is 1.34. The highest BCUT2D eigenvalue weighted by Crippen LogP contribution is 2.55. The molecule has 0 spiro atoms. The lowest BCUT2D eigenvalue weighted by molar-refractivity contribution is -0.145. The lowest BCUT2D eigenvalue weighted by atomic mass is 9.78. The molecule has 6 heteroatoms. The molecule has 3 aliphatic carbocycles. The third-order valence-electron chi connectivity index (χ3n) is 8.96. The number of anilines is 1. The molecule has 0 unspecified atom stereocenters. The Morgan fingerprint density at radius 3 is 2.33 bits per heavy atom. The molecule has 1 N–H and O–H groups in total. The second kappa shape index (κ2) is 9.38. The minimum Gasteiger partial charge on any atom is -0.481 e. The van der Waals surface area contributed by atoms with Gasteiger partial charge in [-0.2, -0.15) is 0 Å². The predicted molar refractivity (Wildman–Crippen MR) is 136 cm³/mol. The first kappa shape index (κ1) is 23.3. The highest BCUT2D eigenvalue weighted by atomic mass is 16.4. The first-order valence-corrected chi connectivity index (χ1v) is 13.5. The summed E-state index contributed by atoms with van der Waals surface area (Å²) in [6, 6.07) is 18.6. The Labute approximate surface area is 212 Å². The van der Waals surface area contributed by atoms with Crippen LogP contribution in [0.3, 0.4) is 0 Å². The van der Waals surface area contributed by atoms with E-state index >= 15 is 0 Å². The summed E-state index contributed by atoms with van der Waals surface area (Å²) in [5.41, 5.74) is 3.24. The summed E-state index contributed by atoms with van der Waals surface area (Å²) < 4.78 is 0. The van der Waals surface area contributed by atoms with Gasteiger partial charge < -0.3 is 14.9 Å². The van der Waals surface area contributed by atoms with Crippen molar-refractivity contribution in [1.29, 1.82) is 0 Å². The smallest absolute Gasteiger partial charge is 0.303 e. The van der Waals surface area contributed by atoms with E-state index in [0.717, 1.165) is 56.2 Å². The summed E-state index contributed by atoms with van der Waals surface area (Å²) in [7, 11) is 0. The molecule has 188 valence electrons. The van der Waals surface area contributed by atoms with Gasteiger partial charge in [0.1, 0.15) is 0 Å². The van der Waals surface area contributed by atoms with Gasteiger partial charge in [0, 0.05) is 36.0 Å². The van der Waals surface area contributed by atoms with Crippen molar-refractivity contribution in [2.45, 2.75) is 81.8 Å². The molecule has 2 aromatic rings. The van der Waals surface area contributed by atoms with Crippen molar-refractivity contribution in [3.8, 4) is 0 Å². The zero-order chi connectivity index (χ0) is 24.8. The molecule has 2 aromatic carbocycles. The lowest BCUT2D eigenvalue weighted by Crippen LogP contribution is -2.56. The molecule has 3 saturated carbocycles. The van der Waals surface area contributed by atoms with Gasteiger partial charge in [0.05, 0.1) is 12.5 Å². The summed E-state index contributed by atoms with van der Waals surface area (Å²) >= 11 is 0. The van der Waals surface area contributed by atoms with E-state index in [0.29, 0.717) is 0 Å². The van der Waals surface area contributed by atoms with Crippen LogP contribution in [-0.4, -0.2) is 39.9 Å². The fourth-order valence-corrected chi connectivity index (χ4v) is 6.97. The van der Waals surface area contributed by atoms with Crippen molar-refractivity contribution in [2.24, 2.45) is 11.8 Å². The SMILES string of the molecule is O=C(O)CCC(=O)N(C1CCC1)[C@H]1c2ccccc2N(C(=O)[C@@H]2C[C@H]2c2ccccc2)[C@@H]2CCC[C@@H]21. The number of benzene rings is 2. The van der Waals surface area contributed by atoms with E-state index in [4.69, 9.17) is 0 Å². The average molecular weight is 487 g/mol. The van der Waals surface area contributed by atoms with Crippen LogP contribution in [0.15, 0.2) is 54.6 Å². The van der Waals surface area contributed by atoms with Crippen LogP contribution in [0.2, 0.25) is 0 Å². The first-order chi connectivity index (χ1) is 17.5. The van der Waals surface area contributed by atoms with Crippen molar-refractivity contribution in [3.63, 3.8) is 0 Å². The lowest BCUT2D eigenvalue weighted by Gasteiger charge is -2.51. The van der Waals surface area contributed by atoms with Gasteiger partial charge in [0.2, 0.25) is 11.8 Å². The molecule has 2 amide bonds. The monoisotopic (exact) mass is 486 g/mol. The van der Waals surface area contributed by atoms with Gasteiger partial charge in [0.25, 0.3) is 0 Å². The Morgan fingerprint density at radius 2 is 1.61 bits per heavy atom. The van der Waals surface area contributed by atoms with Crippen LogP contribution in [0.1, 0.15) is 80.9 Å². The number of aliphatic carboxylic acids is 1. The van der Waals surface area contributed by atoms with E-state index < -0.39 is 5.97 Å². The maximum Gasteiger partial charge on any atom is 0.303 e. The number of hydrogen-bond acceptors (Lipinski definition) is 3. The molecule has 1 aliphatic heterocycles. The molecular formula is C30H34N2O4. The number of para-hydroxylation sites is 1. The third-order valence-corrected chi connectivity index (χ3v) is 8.96. The zero-order valence-electron chi connectivity index (χ0n) is 20.6. The number of rotatable bonds is 7. The molecular weight excluding hydrogens is 452 g/mol. The fraction of sp³-hybridized carbons (Fsp3) is 0.500. The van der Waals surface area contributed by atoms with Gasteiger partial charge in [-0.25, -0.2) is 0 Å². The van der Waals surface area contributed by atoms with Crippen LogP contribution in [-0.2, 0) is 14.4 Å². The molecule has 1 heterocycles. The molecule has 0 aromatic heterocycles. The molecule has 3 fully saturated rings. The normalized spacial score (nSPS) is 28.6. The second-order valence-corrected chi connectivity index (χ2v) is 11.0. The molecule has 0 saturated heterocycles. The van der Waals surface area contributed by atoms with Crippen molar-refractivity contribution in [2.75, 3.05) is 4.90 Å². The Hall–Kier alpha value is -3.15. The molecule has 4 aliphatic rings. The highest BCUT2D eigenvalue weighted by Gasteiger charge is 2.54. The van der Waals surface area contributed by atoms with Crippen molar-refractivity contribution >= 4 is 23.5 Å². The first-order valence-electron chi connectivity index (χ1n) is 13.5. The number of carboxylic acids is 1. The van der Waals surface area contributed by atoms with Crippen molar-refractivity contribution < 1.29 is 19.5 Å². The van der Waals surface area contributed by atoms with Crippen LogP contribution in [0.4, 0.5) is 5.69 Å². The molecule has 6 nitrogen and oxygen atoms in total. The topological polar surface area (TPSA) is 77.9 Å². The maximum atomic E-state index is 14.0. The van der Waals surface area contributed by atoms with Crippen LogP contribution in [0, 0.1) is 11.8 Å². The number of amides is 2. The van der Waals surface area contributed by atoms with Crippen LogP contribution in [0.5, 0.6) is 0 Å². The van der Waals surface area contributed by atoms with Gasteiger partial charge in [-0.15, -0.1) is 0 Å². The van der Waals surface area contributed by atoms with Gasteiger partial charge in [-0.05, 0) is 61.6 Å². The Kier molecular flexibility index (Phi) is 6.06. The minimum absolute atomic E-state index is 0.0122. The highest BCUT2D eigenvalue weighted by molar-refractivity contribution is 5.99. The summed E-state index contributed by atoms with van der Waals surface area (Å²) in [4.78, 5) is 42.9. The summed E-state index contributed by atoms with van der Waals surface area (Å²) in [6.45, 7) is 0. The Bertz CT molecular complexity index is 1160. The summed E-state index contributed by atoms with van der Waals surface area (Å²) in [6.07, 6.45) is 6.80. The summed E-state index contributed by atoms with van der Waals surface area (Å²) in [5.74, 6) is -0.288. The largest absolute Gasteiger partial charge is 0.481 e. The van der Waals surface area contributed by atoms with Crippen LogP contribution in [0.25, 0.3) is 0 Å². The van der Waals surface area contributed by atoms with Gasteiger partial charge >= 0.3 is 5.97 Å². The van der Waals surface area contributed by atoms with E-state index in [9.17, 15) is 19.5 Å². The van der Waals surface area contributed by atoms with E-state index in [1.165, 1.54) is 5.56 Å². The van der Waals surface area contributed by atoms with Gasteiger partial charge in [0.15, 0.2) is 0 Å². The van der Waals surface area contributed by atoms with E-state index in [-0.39, 0.29) is 60.5 Å². The quantitative estimate of drug-likeness (QED) is 0.577. The van der Waals surface area contributed by atoms with Crippen molar-refractivity contribution in [3.05, 3.63) is 65.7 Å². The van der Waals surface area contributed by atoms with Gasteiger partial charge in [-0.3, -0.25) is 14.4 Å². The minimum atomic E-state index is -0.936. The molecule has 5 atom stereocenters. The van der Waals surface area contributed by atoms with Crippen molar-refractivity contribution in [1.82, 2.24) is 4.90 Å². The van der Waals surface area contributed by atoms with E-state index in [2.05, 4.69) is 29.2 Å². The predicted octanol–water partition coefficient (Wildman–Crippen LogP) is 5.29. The average Bonchev–Trinajstić information content (AvgIpc) is 3.53. The maximum absolute atomic E-state index is 14.0. The number of fused-ring (bicyclic) bond motifs is 2. The molecule has 0 radical (unpaired) electrons. The molecule has 6 rings (SSSR count). The fourth-order valence-electron chi connectivity index (χ4n) is 6.97. The summed E-state index contributed by atoms with van der Waals surface area (Å²) in [5, 5.41) is 9.21. The van der Waals surface area contributed by atoms with Crippen LogP contribution < -0.4 is 4.90 Å². The molecule has 36 heavy (non-hydrogen) atoms. The van der Waals surface area contributed by atoms with Crippen LogP contribution >= 0.6 is 0 Å². The third kappa shape index (κ3) is 4.00. The number of nitrogens with zero attached hydrogens (tertiary/aromatic N) is 2. The zero-order valence-corrected chi connectivity index (χ0v) is 20.6. The number of hydrogen-bond donors (Lipinski definition) is 1. The van der Waals surface area contributed by atoms with E-state index in [1.807, 2.05) is 35.2 Å². The van der Waals surface area contributed by atoms with E-state index in [1.54, 1.807) is 0 Å². The van der Waals surface area contributed by atoms with Gasteiger partial charge in [-0.1, -0.05) is 55.0 Å². The molecule has 0 bridgehead atoms. The Morgan fingerprint density at radius 1 is 0.889 bits per heavy atom. The number of carbonyl (C=O) groups excluding carboxylic acids is 2.